The van der Waals surface area contributed by atoms with Gasteiger partial charge in [0.2, 0.25) is 0 Å². The average molecular weight is 1010 g/mol. The molecule has 0 radical (unpaired) electrons. The largest absolute Gasteiger partial charge is 0.421 e. The smallest absolute Gasteiger partial charge is 0.360 e. The summed E-state index contributed by atoms with van der Waals surface area (Å²) in [4.78, 5) is 10.6. The molecule has 384 valence electrons. The van der Waals surface area contributed by atoms with Gasteiger partial charge >= 0.3 is 6.98 Å². The molecule has 12 rings (SSSR count). The fourth-order valence-electron chi connectivity index (χ4n) is 13.1. The molecular formula is C71H74B2N4. The van der Waals surface area contributed by atoms with Crippen LogP contribution in [0.1, 0.15) is 125 Å². The van der Waals surface area contributed by atoms with Gasteiger partial charge in [0, 0.05) is 39.8 Å². The predicted octanol–water partition coefficient (Wildman–Crippen LogP) is 16.6. The van der Waals surface area contributed by atoms with Crippen molar-refractivity contribution in [3.63, 3.8) is 0 Å². The van der Waals surface area contributed by atoms with Crippen LogP contribution >= 0.6 is 0 Å². The second-order valence-corrected chi connectivity index (χ2v) is 25.7. The number of hydrogen-bond donors (Lipinski definition) is 0. The molecule has 0 bridgehead atoms. The minimum atomic E-state index is -0.180. The summed E-state index contributed by atoms with van der Waals surface area (Å²) < 4.78 is 0. The maximum atomic E-state index is 2.67. The van der Waals surface area contributed by atoms with Crippen LogP contribution < -0.4 is 41.3 Å². The summed E-state index contributed by atoms with van der Waals surface area (Å²) in [5.41, 5.74) is 30.3. The zero-order valence-corrected chi connectivity index (χ0v) is 48.0. The number of para-hydroxylation sites is 2. The molecule has 8 aromatic rings. The maximum Gasteiger partial charge on any atom is 0.421 e. The average Bonchev–Trinajstić information content (AvgIpc) is 3.88. The lowest BCUT2D eigenvalue weighted by Crippen LogP contribution is -2.61. The Morgan fingerprint density at radius 3 is 1.48 bits per heavy atom. The van der Waals surface area contributed by atoms with E-state index in [9.17, 15) is 0 Å². The van der Waals surface area contributed by atoms with E-state index >= 15 is 0 Å². The summed E-state index contributed by atoms with van der Waals surface area (Å²) in [7, 11) is 0. The zero-order valence-electron chi connectivity index (χ0n) is 48.0. The normalized spacial score (nSPS) is 14.9. The molecule has 4 aliphatic rings. The van der Waals surface area contributed by atoms with E-state index in [0.29, 0.717) is 0 Å². The molecule has 0 spiro atoms. The Morgan fingerprint density at radius 1 is 0.403 bits per heavy atom. The van der Waals surface area contributed by atoms with Gasteiger partial charge in [-0.05, 0) is 209 Å². The molecule has 0 amide bonds. The van der Waals surface area contributed by atoms with Crippen LogP contribution in [-0.4, -0.2) is 13.7 Å². The maximum absolute atomic E-state index is 2.67. The molecule has 8 aromatic carbocycles. The zero-order chi connectivity index (χ0) is 54.0. The van der Waals surface area contributed by atoms with Gasteiger partial charge in [-0.1, -0.05) is 164 Å². The first-order valence-electron chi connectivity index (χ1n) is 28.1. The van der Waals surface area contributed by atoms with E-state index < -0.39 is 0 Å². The molecule has 0 unspecified atom stereocenters. The molecule has 0 aromatic heterocycles. The summed E-state index contributed by atoms with van der Waals surface area (Å²) in [6.45, 7) is 32.3. The fourth-order valence-corrected chi connectivity index (χ4v) is 13.1. The van der Waals surface area contributed by atoms with E-state index in [0.717, 1.165) is 24.2 Å². The third kappa shape index (κ3) is 8.46. The summed E-state index contributed by atoms with van der Waals surface area (Å²) in [5.74, 6) is 0. The van der Waals surface area contributed by atoms with Gasteiger partial charge in [0.25, 0.3) is 6.71 Å². The molecule has 77 heavy (non-hydrogen) atoms. The Morgan fingerprint density at radius 2 is 0.935 bits per heavy atom. The first kappa shape index (κ1) is 50.4. The second kappa shape index (κ2) is 18.4. The highest BCUT2D eigenvalue weighted by atomic mass is 15.3. The standard InChI is InChI=1S/C71H74B2N4/c1-45-36-64-67-65(37-45)75(68-48(4)38-51(39-49(68)5)50-24-18-15-19-25-50)61-44-63-62(43-59(61)72(67)58-35-32-53(70(9,10)11)42-60(58)74(64)55-33-30-52(31-34-55)69(6,7)8)76(56-26-20-16-21-27-56)73(77(63)57-28-22-17-23-29-57)66-46(2)40-54(41-47(66)3)71(12,13)14/h16-18,20-44H,15,19H2,1-14H3. The third-order valence-electron chi connectivity index (χ3n) is 17.0. The molecular weight excluding hydrogens is 930 g/mol. The molecule has 0 fully saturated rings. The van der Waals surface area contributed by atoms with Crippen LogP contribution in [0.25, 0.3) is 5.57 Å². The van der Waals surface area contributed by atoms with Crippen molar-refractivity contribution in [2.45, 2.75) is 126 Å². The Labute approximate surface area is 461 Å². The molecule has 0 saturated heterocycles. The number of aryl methyl sites for hydroxylation is 5. The number of rotatable bonds is 6. The van der Waals surface area contributed by atoms with E-state index in [1.807, 2.05) is 0 Å². The second-order valence-electron chi connectivity index (χ2n) is 25.7. The van der Waals surface area contributed by atoms with Gasteiger partial charge in [-0.25, -0.2) is 0 Å². The van der Waals surface area contributed by atoms with Crippen LogP contribution in [0.3, 0.4) is 0 Å². The van der Waals surface area contributed by atoms with E-state index in [1.54, 1.807) is 0 Å². The molecule has 1 aliphatic carbocycles. The topological polar surface area (TPSA) is 13.0 Å². The molecule has 3 aliphatic heterocycles. The summed E-state index contributed by atoms with van der Waals surface area (Å²) in [5, 5.41) is 0. The minimum absolute atomic E-state index is 0.00749. The first-order valence-corrected chi connectivity index (χ1v) is 28.1. The van der Waals surface area contributed by atoms with Crippen molar-refractivity contribution < 1.29 is 0 Å². The van der Waals surface area contributed by atoms with E-state index in [2.05, 4.69) is 286 Å². The highest BCUT2D eigenvalue weighted by molar-refractivity contribution is 7.00. The third-order valence-corrected chi connectivity index (χ3v) is 17.0. The lowest BCUT2D eigenvalue weighted by Gasteiger charge is -2.45. The molecule has 0 atom stereocenters. The van der Waals surface area contributed by atoms with Gasteiger partial charge in [-0.15, -0.1) is 0 Å². The van der Waals surface area contributed by atoms with Crippen molar-refractivity contribution in [2.75, 3.05) is 19.4 Å². The van der Waals surface area contributed by atoms with Crippen molar-refractivity contribution in [3.05, 3.63) is 220 Å². The molecule has 0 N–H and O–H groups in total. The van der Waals surface area contributed by atoms with Crippen molar-refractivity contribution in [3.8, 4) is 0 Å². The van der Waals surface area contributed by atoms with Crippen LogP contribution in [0, 0.1) is 34.6 Å². The first-order chi connectivity index (χ1) is 36.7. The summed E-state index contributed by atoms with van der Waals surface area (Å²) in [6, 6.07) is 59.0. The number of allylic oxidation sites excluding steroid dienone is 4. The lowest BCUT2D eigenvalue weighted by molar-refractivity contribution is 0.589. The Balaban J connectivity index is 1.20. The molecule has 3 heterocycles. The van der Waals surface area contributed by atoms with Crippen molar-refractivity contribution >= 4 is 98.0 Å². The van der Waals surface area contributed by atoms with E-state index in [4.69, 9.17) is 0 Å². The minimum Gasteiger partial charge on any atom is -0.360 e. The lowest BCUT2D eigenvalue weighted by atomic mass is 9.33. The monoisotopic (exact) mass is 1000 g/mol. The van der Waals surface area contributed by atoms with Gasteiger partial charge in [-0.3, -0.25) is 0 Å². The molecule has 4 nitrogen and oxygen atoms in total. The fraction of sp³-hybridized carbons (Fsp3) is 0.268. The van der Waals surface area contributed by atoms with Crippen LogP contribution in [0.15, 0.2) is 170 Å². The summed E-state index contributed by atoms with van der Waals surface area (Å²) in [6.07, 6.45) is 9.21. The molecule has 0 saturated carbocycles. The van der Waals surface area contributed by atoms with E-state index in [1.165, 1.54) is 123 Å². The number of benzene rings is 8. The number of anilines is 10. The highest BCUT2D eigenvalue weighted by Crippen LogP contribution is 2.53. The van der Waals surface area contributed by atoms with Crippen molar-refractivity contribution in [1.82, 2.24) is 0 Å². The SMILES string of the molecule is Cc1cc2c3c(c1)N(c1c(C)cc(C4=CCCC=C4)cc1C)c1cc4c(cc1B3c1ccc(C(C)(C)C)cc1N2c1ccc(C(C)(C)C)cc1)N(c1ccccc1)B(c1c(C)cc(C(C)(C)C)cc1C)N4c1ccccc1. The van der Waals surface area contributed by atoms with Crippen LogP contribution in [0.4, 0.5) is 56.9 Å². The number of fused-ring (bicyclic) bond motifs is 5. The van der Waals surface area contributed by atoms with Crippen LogP contribution in [0.5, 0.6) is 0 Å². The van der Waals surface area contributed by atoms with E-state index in [-0.39, 0.29) is 29.9 Å². The predicted molar refractivity (Wildman–Crippen MR) is 336 cm³/mol. The van der Waals surface area contributed by atoms with Crippen LogP contribution in [-0.2, 0) is 16.2 Å². The Kier molecular flexibility index (Phi) is 12.0. The quantitative estimate of drug-likeness (QED) is 0.154. The van der Waals surface area contributed by atoms with Gasteiger partial charge in [-0.2, -0.15) is 0 Å². The van der Waals surface area contributed by atoms with Crippen molar-refractivity contribution in [1.29, 1.82) is 0 Å². The Hall–Kier alpha value is -7.43. The van der Waals surface area contributed by atoms with Gasteiger partial charge in [0.1, 0.15) is 0 Å². The Bertz CT molecular complexity index is 3670. The van der Waals surface area contributed by atoms with Gasteiger partial charge in [0.15, 0.2) is 0 Å². The van der Waals surface area contributed by atoms with Crippen molar-refractivity contribution in [2.24, 2.45) is 0 Å². The van der Waals surface area contributed by atoms with Crippen LogP contribution in [0.2, 0.25) is 0 Å². The number of nitrogens with zero attached hydrogens (tertiary/aromatic N) is 4. The summed E-state index contributed by atoms with van der Waals surface area (Å²) >= 11 is 0. The molecule has 6 heteroatoms. The number of hydrogen-bond acceptors (Lipinski definition) is 4. The van der Waals surface area contributed by atoms with Gasteiger partial charge in [0.05, 0.1) is 17.1 Å². The highest BCUT2D eigenvalue weighted by Gasteiger charge is 2.50. The van der Waals surface area contributed by atoms with Gasteiger partial charge < -0.3 is 19.4 Å².